The van der Waals surface area contributed by atoms with E-state index in [2.05, 4.69) is 23.5 Å². The van der Waals surface area contributed by atoms with Crippen molar-refractivity contribution in [3.63, 3.8) is 0 Å². The number of rotatable bonds is 2. The first kappa shape index (κ1) is 8.72. The van der Waals surface area contributed by atoms with Gasteiger partial charge in [0.05, 0.1) is 18.9 Å². The lowest BCUT2D eigenvalue weighted by atomic mass is 10.2. The van der Waals surface area contributed by atoms with Crippen molar-refractivity contribution in [2.75, 3.05) is 19.7 Å². The Kier molecular flexibility index (Phi) is 2.61. The Balaban J connectivity index is 2.05. The monoisotopic (exact) mass is 181 g/mol. The maximum atomic E-state index is 5.61. The molecule has 4 nitrogen and oxygen atoms in total. The molecule has 1 aromatic heterocycles. The molecule has 0 aromatic carbocycles. The topological polar surface area (TPSA) is 39.1 Å². The fourth-order valence-corrected chi connectivity index (χ4v) is 1.50. The summed E-state index contributed by atoms with van der Waals surface area (Å²) in [5.74, 6) is 0. The Morgan fingerprint density at radius 3 is 3.31 bits per heavy atom. The number of nitrogens with one attached hydrogen (secondary N) is 1. The molecule has 1 saturated heterocycles. The van der Waals surface area contributed by atoms with E-state index in [4.69, 9.17) is 4.74 Å². The molecular weight excluding hydrogens is 166 g/mol. The molecular formula is C9H15N3O. The van der Waals surface area contributed by atoms with E-state index in [9.17, 15) is 0 Å². The van der Waals surface area contributed by atoms with Gasteiger partial charge in [-0.25, -0.2) is 0 Å². The van der Waals surface area contributed by atoms with Gasteiger partial charge in [-0.15, -0.1) is 0 Å². The molecule has 0 aliphatic carbocycles. The zero-order chi connectivity index (χ0) is 9.10. The minimum Gasteiger partial charge on any atom is -0.371 e. The summed E-state index contributed by atoms with van der Waals surface area (Å²) in [7, 11) is 0. The Labute approximate surface area is 77.9 Å². The van der Waals surface area contributed by atoms with Crippen LogP contribution in [0.15, 0.2) is 12.4 Å². The number of morpholine rings is 1. The molecule has 1 aliphatic heterocycles. The van der Waals surface area contributed by atoms with Crippen LogP contribution in [0, 0.1) is 0 Å². The highest BCUT2D eigenvalue weighted by atomic mass is 16.5. The highest BCUT2D eigenvalue weighted by Crippen LogP contribution is 2.17. The van der Waals surface area contributed by atoms with Gasteiger partial charge in [0.1, 0.15) is 0 Å². The molecule has 0 spiro atoms. The fraction of sp³-hybridized carbons (Fsp3) is 0.667. The summed E-state index contributed by atoms with van der Waals surface area (Å²) in [6.07, 6.45) is 4.13. The van der Waals surface area contributed by atoms with Crippen molar-refractivity contribution in [2.24, 2.45) is 0 Å². The molecule has 1 fully saturated rings. The van der Waals surface area contributed by atoms with Gasteiger partial charge in [0, 0.05) is 31.4 Å². The SMILES string of the molecule is CCn1cc([C@@H]2CNCCO2)cn1. The van der Waals surface area contributed by atoms with Crippen LogP contribution in [0.2, 0.25) is 0 Å². The molecule has 0 radical (unpaired) electrons. The molecule has 0 bridgehead atoms. The molecule has 1 aromatic rings. The first-order chi connectivity index (χ1) is 6.40. The average molecular weight is 181 g/mol. The van der Waals surface area contributed by atoms with Crippen molar-refractivity contribution in [1.29, 1.82) is 0 Å². The molecule has 4 heteroatoms. The summed E-state index contributed by atoms with van der Waals surface area (Å²) in [6.45, 7) is 5.65. The predicted molar refractivity (Wildman–Crippen MR) is 49.5 cm³/mol. The summed E-state index contributed by atoms with van der Waals surface area (Å²) in [5, 5.41) is 7.52. The number of aryl methyl sites for hydroxylation is 1. The molecule has 0 amide bonds. The molecule has 1 atom stereocenters. The zero-order valence-electron chi connectivity index (χ0n) is 7.86. The van der Waals surface area contributed by atoms with E-state index < -0.39 is 0 Å². The third-order valence-corrected chi connectivity index (χ3v) is 2.28. The largest absolute Gasteiger partial charge is 0.371 e. The van der Waals surface area contributed by atoms with Crippen LogP contribution in [-0.4, -0.2) is 29.5 Å². The van der Waals surface area contributed by atoms with Gasteiger partial charge in [-0.2, -0.15) is 5.10 Å². The first-order valence-corrected chi connectivity index (χ1v) is 4.75. The molecule has 1 N–H and O–H groups in total. The van der Waals surface area contributed by atoms with Gasteiger partial charge in [0.2, 0.25) is 0 Å². The molecule has 0 unspecified atom stereocenters. The summed E-state index contributed by atoms with van der Waals surface area (Å²) in [5.41, 5.74) is 1.18. The summed E-state index contributed by atoms with van der Waals surface area (Å²) >= 11 is 0. The second-order valence-corrected chi connectivity index (χ2v) is 3.19. The van der Waals surface area contributed by atoms with Gasteiger partial charge in [-0.1, -0.05) is 0 Å². The summed E-state index contributed by atoms with van der Waals surface area (Å²) in [6, 6.07) is 0. The quantitative estimate of drug-likeness (QED) is 0.724. The van der Waals surface area contributed by atoms with E-state index in [0.29, 0.717) is 0 Å². The van der Waals surface area contributed by atoms with E-state index in [1.165, 1.54) is 5.56 Å². The van der Waals surface area contributed by atoms with Crippen molar-refractivity contribution in [2.45, 2.75) is 19.6 Å². The number of aromatic nitrogens is 2. The average Bonchev–Trinajstić information content (AvgIpc) is 2.67. The van der Waals surface area contributed by atoms with Crippen LogP contribution in [0.4, 0.5) is 0 Å². The second-order valence-electron chi connectivity index (χ2n) is 3.19. The number of ether oxygens (including phenoxy) is 1. The predicted octanol–water partition coefficient (Wildman–Crippen LogP) is 0.564. The first-order valence-electron chi connectivity index (χ1n) is 4.75. The van der Waals surface area contributed by atoms with Crippen LogP contribution in [0.1, 0.15) is 18.6 Å². The lowest BCUT2D eigenvalue weighted by molar-refractivity contribution is 0.0276. The maximum Gasteiger partial charge on any atom is 0.0980 e. The number of hydrogen-bond donors (Lipinski definition) is 1. The normalized spacial score (nSPS) is 23.3. The number of nitrogens with zero attached hydrogens (tertiary/aromatic N) is 2. The molecule has 2 rings (SSSR count). The highest BCUT2D eigenvalue weighted by molar-refractivity contribution is 5.09. The number of hydrogen-bond acceptors (Lipinski definition) is 3. The van der Waals surface area contributed by atoms with Gasteiger partial charge in [0.15, 0.2) is 0 Å². The zero-order valence-corrected chi connectivity index (χ0v) is 7.86. The Bertz CT molecular complexity index is 266. The van der Waals surface area contributed by atoms with Gasteiger partial charge in [-0.05, 0) is 6.92 Å². The minimum absolute atomic E-state index is 0.189. The fourth-order valence-electron chi connectivity index (χ4n) is 1.50. The molecule has 1 aliphatic rings. The standard InChI is InChI=1S/C9H15N3O/c1-2-12-7-8(5-11-12)9-6-10-3-4-13-9/h5,7,9-10H,2-4,6H2,1H3/t9-/m0/s1. The maximum absolute atomic E-state index is 5.61. The van der Waals surface area contributed by atoms with Gasteiger partial charge in [0.25, 0.3) is 0 Å². The van der Waals surface area contributed by atoms with Crippen LogP contribution in [-0.2, 0) is 11.3 Å². The lowest BCUT2D eigenvalue weighted by Crippen LogP contribution is -2.33. The molecule has 0 saturated carbocycles. The van der Waals surface area contributed by atoms with Crippen LogP contribution >= 0.6 is 0 Å². The third kappa shape index (κ3) is 1.89. The Morgan fingerprint density at radius 1 is 1.77 bits per heavy atom. The lowest BCUT2D eigenvalue weighted by Gasteiger charge is -2.22. The van der Waals surface area contributed by atoms with Crippen LogP contribution in [0.25, 0.3) is 0 Å². The Hall–Kier alpha value is -0.870. The molecule has 2 heterocycles. The second kappa shape index (κ2) is 3.89. The van der Waals surface area contributed by atoms with Crippen molar-refractivity contribution >= 4 is 0 Å². The van der Waals surface area contributed by atoms with E-state index in [1.807, 2.05) is 10.9 Å². The minimum atomic E-state index is 0.189. The van der Waals surface area contributed by atoms with E-state index in [0.717, 1.165) is 26.2 Å². The van der Waals surface area contributed by atoms with Gasteiger partial charge in [-0.3, -0.25) is 4.68 Å². The van der Waals surface area contributed by atoms with Crippen LogP contribution < -0.4 is 5.32 Å². The van der Waals surface area contributed by atoms with Crippen LogP contribution in [0.3, 0.4) is 0 Å². The van der Waals surface area contributed by atoms with Gasteiger partial charge < -0.3 is 10.1 Å². The third-order valence-electron chi connectivity index (χ3n) is 2.28. The molecule has 13 heavy (non-hydrogen) atoms. The Morgan fingerprint density at radius 2 is 2.69 bits per heavy atom. The smallest absolute Gasteiger partial charge is 0.0980 e. The van der Waals surface area contributed by atoms with E-state index >= 15 is 0 Å². The molecule has 72 valence electrons. The van der Waals surface area contributed by atoms with Crippen molar-refractivity contribution in [1.82, 2.24) is 15.1 Å². The van der Waals surface area contributed by atoms with Crippen molar-refractivity contribution in [3.05, 3.63) is 18.0 Å². The van der Waals surface area contributed by atoms with Gasteiger partial charge >= 0.3 is 0 Å². The van der Waals surface area contributed by atoms with E-state index in [1.54, 1.807) is 0 Å². The summed E-state index contributed by atoms with van der Waals surface area (Å²) < 4.78 is 7.53. The van der Waals surface area contributed by atoms with Crippen molar-refractivity contribution in [3.8, 4) is 0 Å². The van der Waals surface area contributed by atoms with Crippen LogP contribution in [0.5, 0.6) is 0 Å². The van der Waals surface area contributed by atoms with E-state index in [-0.39, 0.29) is 6.10 Å². The van der Waals surface area contributed by atoms with Crippen molar-refractivity contribution < 1.29 is 4.74 Å². The highest BCUT2D eigenvalue weighted by Gasteiger charge is 2.16. The summed E-state index contributed by atoms with van der Waals surface area (Å²) in [4.78, 5) is 0.